The molecule has 0 spiro atoms. The van der Waals surface area contributed by atoms with E-state index in [1.165, 1.54) is 12.1 Å². The van der Waals surface area contributed by atoms with Crippen LogP contribution < -0.4 is 11.1 Å². The Morgan fingerprint density at radius 1 is 0.914 bits per heavy atom. The van der Waals surface area contributed by atoms with Crippen molar-refractivity contribution in [3.05, 3.63) is 89.4 Å². The molecule has 2 aromatic heterocycles. The van der Waals surface area contributed by atoms with Gasteiger partial charge in [-0.1, -0.05) is 41.9 Å². The van der Waals surface area contributed by atoms with Crippen molar-refractivity contribution in [1.29, 1.82) is 0 Å². The third-order valence-corrected chi connectivity index (χ3v) is 7.68. The van der Waals surface area contributed by atoms with Gasteiger partial charge in [-0.3, -0.25) is 4.79 Å². The van der Waals surface area contributed by atoms with Gasteiger partial charge < -0.3 is 15.6 Å². The number of nitrogens with zero attached hydrogens (tertiary/aromatic N) is 3. The lowest BCUT2D eigenvalue weighted by atomic mass is 10.2. The number of amides is 1. The normalized spacial score (nSPS) is 11.7. The lowest BCUT2D eigenvalue weighted by Crippen LogP contribution is -2.27. The Bertz CT molecular complexity index is 1670. The summed E-state index contributed by atoms with van der Waals surface area (Å²) in [5, 5.41) is 3.35. The van der Waals surface area contributed by atoms with E-state index in [9.17, 15) is 13.2 Å². The van der Waals surface area contributed by atoms with Crippen molar-refractivity contribution >= 4 is 55.4 Å². The Kier molecular flexibility index (Phi) is 5.88. The van der Waals surface area contributed by atoms with Crippen molar-refractivity contribution in [2.45, 2.75) is 16.3 Å². The molecule has 0 saturated heterocycles. The molecule has 1 amide bonds. The summed E-state index contributed by atoms with van der Waals surface area (Å²) in [4.78, 5) is 21.8. The number of hydrogen-bond donors (Lipinski definition) is 2. The largest absolute Gasteiger partial charge is 0.384 e. The van der Waals surface area contributed by atoms with E-state index in [0.29, 0.717) is 27.3 Å². The number of hydrogen-bond acceptors (Lipinski definition) is 6. The summed E-state index contributed by atoms with van der Waals surface area (Å²) < 4.78 is 28.7. The zero-order valence-electron chi connectivity index (χ0n) is 18.3. The van der Waals surface area contributed by atoms with Gasteiger partial charge in [-0.15, -0.1) is 0 Å². The van der Waals surface area contributed by atoms with E-state index >= 15 is 0 Å². The quantitative estimate of drug-likeness (QED) is 0.359. The van der Waals surface area contributed by atoms with E-state index < -0.39 is 9.84 Å². The average Bonchev–Trinajstić information content (AvgIpc) is 3.14. The van der Waals surface area contributed by atoms with Crippen molar-refractivity contribution in [2.75, 3.05) is 12.3 Å². The third kappa shape index (κ3) is 4.20. The van der Waals surface area contributed by atoms with Crippen LogP contribution in [0.25, 0.3) is 22.2 Å². The summed E-state index contributed by atoms with van der Waals surface area (Å²) in [6.07, 6.45) is 0. The molecule has 176 valence electrons. The lowest BCUT2D eigenvalue weighted by Gasteiger charge is -2.10. The molecule has 3 N–H and O–H groups in total. The molecule has 3 aromatic carbocycles. The number of halogens is 1. The van der Waals surface area contributed by atoms with Crippen LogP contribution in [0.3, 0.4) is 0 Å². The van der Waals surface area contributed by atoms with Gasteiger partial charge in [0.1, 0.15) is 16.2 Å². The van der Waals surface area contributed by atoms with Crippen LogP contribution in [0.5, 0.6) is 0 Å². The van der Waals surface area contributed by atoms with E-state index in [-0.39, 0.29) is 40.1 Å². The number of benzene rings is 3. The van der Waals surface area contributed by atoms with E-state index in [2.05, 4.69) is 15.3 Å². The maximum absolute atomic E-state index is 13.6. The number of sulfone groups is 1. The SMILES string of the molecule is Nc1c(S(=O)(=O)c2ccccc2)c2nc3ccccc3nc2n1CCNC(=O)c1ccc(Cl)cc1. The van der Waals surface area contributed by atoms with Crippen LogP contribution in [0.15, 0.2) is 88.7 Å². The Hall–Kier alpha value is -3.95. The molecule has 0 atom stereocenters. The number of para-hydroxylation sites is 2. The van der Waals surface area contributed by atoms with Crippen LogP contribution in [-0.4, -0.2) is 35.4 Å². The monoisotopic (exact) mass is 505 g/mol. The molecule has 2 heterocycles. The highest BCUT2D eigenvalue weighted by Gasteiger charge is 2.30. The van der Waals surface area contributed by atoms with Crippen molar-refractivity contribution in [3.63, 3.8) is 0 Å². The van der Waals surface area contributed by atoms with Gasteiger partial charge in [0.15, 0.2) is 5.65 Å². The van der Waals surface area contributed by atoms with E-state index in [1.807, 2.05) is 6.07 Å². The molecule has 5 aromatic rings. The maximum Gasteiger partial charge on any atom is 0.251 e. The Balaban J connectivity index is 1.57. The second-order valence-electron chi connectivity index (χ2n) is 7.83. The van der Waals surface area contributed by atoms with Crippen molar-refractivity contribution < 1.29 is 13.2 Å². The molecule has 0 unspecified atom stereocenters. The molecule has 0 aliphatic carbocycles. The molecule has 10 heteroatoms. The molecule has 0 bridgehead atoms. The molecule has 8 nitrogen and oxygen atoms in total. The molecule has 0 radical (unpaired) electrons. The van der Waals surface area contributed by atoms with E-state index in [4.69, 9.17) is 17.3 Å². The number of nitrogens with one attached hydrogen (secondary N) is 1. The molecule has 0 fully saturated rings. The van der Waals surface area contributed by atoms with E-state index in [0.717, 1.165) is 0 Å². The third-order valence-electron chi connectivity index (χ3n) is 5.60. The molecule has 0 aliphatic rings. The van der Waals surface area contributed by atoms with Crippen LogP contribution in [0.1, 0.15) is 10.4 Å². The van der Waals surface area contributed by atoms with Gasteiger partial charge in [0, 0.05) is 23.7 Å². The number of carbonyl (C=O) groups excluding carboxylic acids is 1. The minimum atomic E-state index is -3.98. The van der Waals surface area contributed by atoms with Gasteiger partial charge in [-0.05, 0) is 48.5 Å². The number of anilines is 1. The van der Waals surface area contributed by atoms with Gasteiger partial charge in [0.25, 0.3) is 5.91 Å². The molecule has 5 rings (SSSR count). The molecule has 0 aliphatic heterocycles. The predicted octanol–water partition coefficient (Wildman–Crippen LogP) is 4.08. The van der Waals surface area contributed by atoms with Gasteiger partial charge in [-0.25, -0.2) is 18.4 Å². The predicted molar refractivity (Wildman–Crippen MR) is 135 cm³/mol. The molecule has 35 heavy (non-hydrogen) atoms. The first-order valence-electron chi connectivity index (χ1n) is 10.7. The highest BCUT2D eigenvalue weighted by molar-refractivity contribution is 7.92. The average molecular weight is 506 g/mol. The topological polar surface area (TPSA) is 120 Å². The summed E-state index contributed by atoms with van der Waals surface area (Å²) in [7, 11) is -3.98. The minimum absolute atomic E-state index is 0.0138. The molecule has 0 saturated carbocycles. The summed E-state index contributed by atoms with van der Waals surface area (Å²) in [5.74, 6) is -0.273. The Labute approximate surface area is 206 Å². The number of fused-ring (bicyclic) bond motifs is 2. The standard InChI is InChI=1S/C25H20ClN5O3S/c26-17-12-10-16(11-13-17)25(32)28-14-15-31-23(27)22(35(33,34)18-6-2-1-3-7-18)21-24(31)30-20-9-5-4-8-19(20)29-21/h1-13H,14-15,27H2,(H,28,32). The highest BCUT2D eigenvalue weighted by atomic mass is 35.5. The van der Waals surface area contributed by atoms with Crippen LogP contribution in [0, 0.1) is 0 Å². The highest BCUT2D eigenvalue weighted by Crippen LogP contribution is 2.35. The molecular weight excluding hydrogens is 486 g/mol. The molecular formula is C25H20ClN5O3S. The fourth-order valence-electron chi connectivity index (χ4n) is 3.88. The number of carbonyl (C=O) groups is 1. The second kappa shape index (κ2) is 9.01. The summed E-state index contributed by atoms with van der Waals surface area (Å²) in [6.45, 7) is 0.383. The van der Waals surface area contributed by atoms with Crippen LogP contribution >= 0.6 is 11.6 Å². The maximum atomic E-state index is 13.6. The van der Waals surface area contributed by atoms with Crippen molar-refractivity contribution in [3.8, 4) is 0 Å². The smallest absolute Gasteiger partial charge is 0.251 e. The van der Waals surface area contributed by atoms with Gasteiger partial charge >= 0.3 is 0 Å². The first-order valence-corrected chi connectivity index (χ1v) is 12.6. The Morgan fingerprint density at radius 3 is 2.23 bits per heavy atom. The fourth-order valence-corrected chi connectivity index (χ4v) is 5.54. The minimum Gasteiger partial charge on any atom is -0.384 e. The number of aromatic nitrogens is 3. The van der Waals surface area contributed by atoms with Crippen LogP contribution in [0.2, 0.25) is 5.02 Å². The second-order valence-corrected chi connectivity index (χ2v) is 10.2. The van der Waals surface area contributed by atoms with Gasteiger partial charge in [0.05, 0.1) is 15.9 Å². The van der Waals surface area contributed by atoms with Crippen LogP contribution in [0.4, 0.5) is 5.82 Å². The van der Waals surface area contributed by atoms with Crippen molar-refractivity contribution in [1.82, 2.24) is 19.9 Å². The zero-order valence-corrected chi connectivity index (χ0v) is 19.9. The van der Waals surface area contributed by atoms with Crippen LogP contribution in [-0.2, 0) is 16.4 Å². The summed E-state index contributed by atoms with van der Waals surface area (Å²) in [6, 6.07) is 21.8. The number of rotatable bonds is 6. The van der Waals surface area contributed by atoms with Crippen molar-refractivity contribution in [2.24, 2.45) is 0 Å². The zero-order chi connectivity index (χ0) is 24.6. The number of nitrogens with two attached hydrogens (primary N) is 1. The Morgan fingerprint density at radius 2 is 1.54 bits per heavy atom. The van der Waals surface area contributed by atoms with Gasteiger partial charge in [0.2, 0.25) is 9.84 Å². The lowest BCUT2D eigenvalue weighted by molar-refractivity contribution is 0.0952. The summed E-state index contributed by atoms with van der Waals surface area (Å²) >= 11 is 5.89. The first kappa shape index (κ1) is 22.8. The van der Waals surface area contributed by atoms with Gasteiger partial charge in [-0.2, -0.15) is 0 Å². The first-order chi connectivity index (χ1) is 16.9. The number of nitrogen functional groups attached to an aromatic ring is 1. The van der Waals surface area contributed by atoms with E-state index in [1.54, 1.807) is 65.2 Å². The summed E-state index contributed by atoms with van der Waals surface area (Å²) in [5.41, 5.74) is 8.56. The fraction of sp³-hybridized carbons (Fsp3) is 0.0800.